The van der Waals surface area contributed by atoms with E-state index in [1.54, 1.807) is 0 Å². The van der Waals surface area contributed by atoms with Crippen LogP contribution < -0.4 is 4.74 Å². The number of hydrogen-bond acceptors (Lipinski definition) is 3. The molecule has 1 rings (SSSR count). The molecule has 0 aromatic heterocycles. The van der Waals surface area contributed by atoms with Crippen LogP contribution in [-0.4, -0.2) is 25.6 Å². The van der Waals surface area contributed by atoms with Crippen LogP contribution in [-0.2, 0) is 11.2 Å². The number of para-hydroxylation sites is 1. The molecule has 0 amide bonds. The van der Waals surface area contributed by atoms with E-state index in [0.717, 1.165) is 17.9 Å². The minimum Gasteiger partial charge on any atom is -0.491 e. The average molecular weight is 226 g/mol. The molecule has 0 bridgehead atoms. The summed E-state index contributed by atoms with van der Waals surface area (Å²) in [5.41, 5.74) is 1.24. The van der Waals surface area contributed by atoms with E-state index in [-0.39, 0.29) is 0 Å². The Hall–Kier alpha value is -0.670. The molecule has 0 aliphatic rings. The zero-order valence-corrected chi connectivity index (χ0v) is 10.0. The molecule has 1 aromatic carbocycles. The Morgan fingerprint density at radius 2 is 1.93 bits per heavy atom. The highest BCUT2D eigenvalue weighted by Crippen LogP contribution is 2.17. The molecular weight excluding hydrogens is 208 g/mol. The number of aryl methyl sites for hydroxylation is 1. The number of hydrogen-bond donors (Lipinski definition) is 1. The van der Waals surface area contributed by atoms with E-state index < -0.39 is 0 Å². The van der Waals surface area contributed by atoms with Crippen molar-refractivity contribution in [2.24, 2.45) is 0 Å². The van der Waals surface area contributed by atoms with Crippen molar-refractivity contribution < 1.29 is 9.47 Å². The highest BCUT2D eigenvalue weighted by molar-refractivity contribution is 7.80. The van der Waals surface area contributed by atoms with Crippen molar-refractivity contribution >= 4 is 12.6 Å². The molecule has 0 unspecified atom stereocenters. The van der Waals surface area contributed by atoms with Crippen molar-refractivity contribution in [3.63, 3.8) is 0 Å². The lowest BCUT2D eigenvalue weighted by Crippen LogP contribution is -2.08. The van der Waals surface area contributed by atoms with Crippen molar-refractivity contribution in [3.05, 3.63) is 29.8 Å². The van der Waals surface area contributed by atoms with Crippen molar-refractivity contribution in [2.75, 3.05) is 25.6 Å². The van der Waals surface area contributed by atoms with E-state index in [2.05, 4.69) is 25.6 Å². The molecule has 84 valence electrons. The summed E-state index contributed by atoms with van der Waals surface area (Å²) in [5, 5.41) is 0. The van der Waals surface area contributed by atoms with Crippen molar-refractivity contribution in [1.29, 1.82) is 0 Å². The van der Waals surface area contributed by atoms with Crippen LogP contribution in [0.2, 0.25) is 0 Å². The van der Waals surface area contributed by atoms with Gasteiger partial charge in [0, 0.05) is 5.75 Å². The molecule has 0 N–H and O–H groups in total. The van der Waals surface area contributed by atoms with Gasteiger partial charge < -0.3 is 9.47 Å². The quantitative estimate of drug-likeness (QED) is 0.569. The lowest BCUT2D eigenvalue weighted by molar-refractivity contribution is 0.112. The van der Waals surface area contributed by atoms with Crippen LogP contribution in [0.15, 0.2) is 24.3 Å². The third-order valence-corrected chi connectivity index (χ3v) is 2.26. The van der Waals surface area contributed by atoms with Crippen LogP contribution in [0, 0.1) is 0 Å². The van der Waals surface area contributed by atoms with Gasteiger partial charge >= 0.3 is 0 Å². The third-order valence-electron chi connectivity index (χ3n) is 2.07. The van der Waals surface area contributed by atoms with Crippen LogP contribution in [0.5, 0.6) is 5.75 Å². The van der Waals surface area contributed by atoms with Crippen molar-refractivity contribution in [3.8, 4) is 5.75 Å². The summed E-state index contributed by atoms with van der Waals surface area (Å²) in [7, 11) is 0. The van der Waals surface area contributed by atoms with E-state index in [4.69, 9.17) is 9.47 Å². The van der Waals surface area contributed by atoms with E-state index in [1.807, 2.05) is 18.2 Å². The molecule has 0 heterocycles. The first-order valence-electron chi connectivity index (χ1n) is 5.27. The number of rotatable bonds is 7. The lowest BCUT2D eigenvalue weighted by Gasteiger charge is -2.10. The monoisotopic (exact) mass is 226 g/mol. The summed E-state index contributed by atoms with van der Waals surface area (Å²) in [5.74, 6) is 1.72. The van der Waals surface area contributed by atoms with Gasteiger partial charge in [0.25, 0.3) is 0 Å². The Balaban J connectivity index is 2.30. The molecule has 1 aromatic rings. The maximum atomic E-state index is 5.62. The highest BCUT2D eigenvalue weighted by atomic mass is 32.1. The van der Waals surface area contributed by atoms with Gasteiger partial charge in [0.05, 0.1) is 13.2 Å². The van der Waals surface area contributed by atoms with Gasteiger partial charge in [-0.2, -0.15) is 12.6 Å². The minimum atomic E-state index is 0.602. The normalized spacial score (nSPS) is 10.3. The maximum Gasteiger partial charge on any atom is 0.122 e. The molecule has 0 atom stereocenters. The largest absolute Gasteiger partial charge is 0.491 e. The molecule has 0 radical (unpaired) electrons. The second-order valence-corrected chi connectivity index (χ2v) is 3.59. The molecule has 0 saturated carbocycles. The molecule has 2 nitrogen and oxygen atoms in total. The maximum absolute atomic E-state index is 5.62. The number of ether oxygens (including phenoxy) is 2. The molecule has 15 heavy (non-hydrogen) atoms. The molecule has 0 aliphatic heterocycles. The number of thiol groups is 1. The summed E-state index contributed by atoms with van der Waals surface area (Å²) >= 11 is 4.06. The van der Waals surface area contributed by atoms with Gasteiger partial charge in [0.1, 0.15) is 12.4 Å². The summed E-state index contributed by atoms with van der Waals surface area (Å²) in [6, 6.07) is 8.10. The fourth-order valence-electron chi connectivity index (χ4n) is 1.31. The first-order valence-corrected chi connectivity index (χ1v) is 5.91. The smallest absolute Gasteiger partial charge is 0.122 e. The molecule has 3 heteroatoms. The van der Waals surface area contributed by atoms with E-state index in [1.165, 1.54) is 5.56 Å². The van der Waals surface area contributed by atoms with E-state index >= 15 is 0 Å². The Morgan fingerprint density at radius 1 is 1.13 bits per heavy atom. The predicted molar refractivity (Wildman–Crippen MR) is 66.0 cm³/mol. The van der Waals surface area contributed by atoms with Crippen LogP contribution in [0.4, 0.5) is 0 Å². The van der Waals surface area contributed by atoms with Gasteiger partial charge in [0.15, 0.2) is 0 Å². The molecule has 0 aliphatic carbocycles. The minimum absolute atomic E-state index is 0.602. The topological polar surface area (TPSA) is 18.5 Å². The lowest BCUT2D eigenvalue weighted by atomic mass is 10.1. The standard InChI is InChI=1S/C12H18O2S/c1-2-11-5-3-4-6-12(11)14-8-7-13-9-10-15/h3-6,15H,2,7-10H2,1H3. The molecule has 0 fully saturated rings. The molecule has 0 spiro atoms. The second kappa shape index (κ2) is 7.60. The van der Waals surface area contributed by atoms with Crippen LogP contribution in [0.25, 0.3) is 0 Å². The molecular formula is C12H18O2S. The van der Waals surface area contributed by atoms with Gasteiger partial charge in [-0.15, -0.1) is 0 Å². The fraction of sp³-hybridized carbons (Fsp3) is 0.500. The SMILES string of the molecule is CCc1ccccc1OCCOCCS. The average Bonchev–Trinajstić information content (AvgIpc) is 2.29. The van der Waals surface area contributed by atoms with Crippen molar-refractivity contribution in [1.82, 2.24) is 0 Å². The summed E-state index contributed by atoms with van der Waals surface area (Å²) in [6.07, 6.45) is 0.994. The van der Waals surface area contributed by atoms with E-state index in [0.29, 0.717) is 19.8 Å². The second-order valence-electron chi connectivity index (χ2n) is 3.15. The van der Waals surface area contributed by atoms with Gasteiger partial charge in [0.2, 0.25) is 0 Å². The summed E-state index contributed by atoms with van der Waals surface area (Å²) in [4.78, 5) is 0. The van der Waals surface area contributed by atoms with Crippen LogP contribution >= 0.6 is 12.6 Å². The first-order chi connectivity index (χ1) is 7.38. The Morgan fingerprint density at radius 3 is 2.67 bits per heavy atom. The Labute approximate surface area is 97.0 Å². The van der Waals surface area contributed by atoms with Gasteiger partial charge in [-0.1, -0.05) is 25.1 Å². The van der Waals surface area contributed by atoms with Gasteiger partial charge in [-0.3, -0.25) is 0 Å². The Bertz CT molecular complexity index is 276. The zero-order valence-electron chi connectivity index (χ0n) is 9.11. The van der Waals surface area contributed by atoms with Crippen molar-refractivity contribution in [2.45, 2.75) is 13.3 Å². The zero-order chi connectivity index (χ0) is 10.9. The molecule has 0 saturated heterocycles. The predicted octanol–water partition coefficient (Wildman–Crippen LogP) is 2.57. The van der Waals surface area contributed by atoms with Gasteiger partial charge in [-0.25, -0.2) is 0 Å². The van der Waals surface area contributed by atoms with Crippen LogP contribution in [0.3, 0.4) is 0 Å². The first kappa shape index (κ1) is 12.4. The van der Waals surface area contributed by atoms with Crippen LogP contribution in [0.1, 0.15) is 12.5 Å². The summed E-state index contributed by atoms with van der Waals surface area (Å²) in [6.45, 7) is 4.03. The van der Waals surface area contributed by atoms with E-state index in [9.17, 15) is 0 Å². The third kappa shape index (κ3) is 4.58. The number of benzene rings is 1. The Kier molecular flexibility index (Phi) is 6.28. The highest BCUT2D eigenvalue weighted by Gasteiger charge is 1.99. The fourth-order valence-corrected chi connectivity index (χ4v) is 1.44. The van der Waals surface area contributed by atoms with Gasteiger partial charge in [-0.05, 0) is 18.1 Å². The summed E-state index contributed by atoms with van der Waals surface area (Å²) < 4.78 is 10.9.